The lowest BCUT2D eigenvalue weighted by Gasteiger charge is -2.32. The highest BCUT2D eigenvalue weighted by atomic mass is 35.5. The third-order valence-corrected chi connectivity index (χ3v) is 7.16. The molecule has 0 saturated heterocycles. The Balaban J connectivity index is 1.89. The van der Waals surface area contributed by atoms with Crippen LogP contribution in [0.25, 0.3) is 0 Å². The Morgan fingerprint density at radius 1 is 1.09 bits per heavy atom. The van der Waals surface area contributed by atoms with Crippen LogP contribution < -0.4 is 5.32 Å². The molecule has 2 aromatic carbocycles. The SMILES string of the molecule is C[C@H](C(=O)NC(C)(C)C)N(Cc1ccc(Cl)cc1)C(=O)CN1C(=O)c2ccccc2S1(=O)=O. The van der Waals surface area contributed by atoms with Crippen molar-refractivity contribution in [1.29, 1.82) is 0 Å². The number of sulfonamides is 1. The van der Waals surface area contributed by atoms with E-state index in [1.807, 2.05) is 20.8 Å². The van der Waals surface area contributed by atoms with Gasteiger partial charge in [-0.1, -0.05) is 35.9 Å². The van der Waals surface area contributed by atoms with Crippen LogP contribution in [-0.2, 0) is 26.2 Å². The molecule has 1 aliphatic rings. The molecule has 10 heteroatoms. The van der Waals surface area contributed by atoms with E-state index in [9.17, 15) is 22.8 Å². The molecule has 0 radical (unpaired) electrons. The van der Waals surface area contributed by atoms with Gasteiger partial charge >= 0.3 is 0 Å². The number of fused-ring (bicyclic) bond motifs is 1. The number of nitrogens with one attached hydrogen (secondary N) is 1. The Morgan fingerprint density at radius 3 is 2.27 bits per heavy atom. The minimum atomic E-state index is -4.16. The summed E-state index contributed by atoms with van der Waals surface area (Å²) >= 11 is 5.95. The predicted molar refractivity (Wildman–Crippen MR) is 124 cm³/mol. The summed E-state index contributed by atoms with van der Waals surface area (Å²) in [4.78, 5) is 40.0. The minimum absolute atomic E-state index is 0.0214. The van der Waals surface area contributed by atoms with Crippen LogP contribution in [0, 0.1) is 0 Å². The van der Waals surface area contributed by atoms with Crippen LogP contribution in [0.1, 0.15) is 43.6 Å². The summed E-state index contributed by atoms with van der Waals surface area (Å²) in [5.74, 6) is -1.84. The number of carbonyl (C=O) groups excluding carboxylic acids is 3. The fourth-order valence-electron chi connectivity index (χ4n) is 3.44. The predicted octanol–water partition coefficient (Wildman–Crippen LogP) is 2.82. The highest BCUT2D eigenvalue weighted by Crippen LogP contribution is 2.30. The van der Waals surface area contributed by atoms with Crippen molar-refractivity contribution in [2.75, 3.05) is 6.54 Å². The number of halogens is 1. The van der Waals surface area contributed by atoms with Crippen LogP contribution in [0.15, 0.2) is 53.4 Å². The smallest absolute Gasteiger partial charge is 0.269 e. The number of nitrogens with zero attached hydrogens (tertiary/aromatic N) is 2. The largest absolute Gasteiger partial charge is 0.350 e. The van der Waals surface area contributed by atoms with E-state index in [-0.39, 0.29) is 17.0 Å². The summed E-state index contributed by atoms with van der Waals surface area (Å²) in [5.41, 5.74) is 0.186. The van der Waals surface area contributed by atoms with Gasteiger partial charge in [0.2, 0.25) is 11.8 Å². The maximum absolute atomic E-state index is 13.3. The highest BCUT2D eigenvalue weighted by molar-refractivity contribution is 7.90. The third-order valence-electron chi connectivity index (χ3n) is 5.12. The van der Waals surface area contributed by atoms with Crippen LogP contribution in [0.5, 0.6) is 0 Å². The van der Waals surface area contributed by atoms with E-state index >= 15 is 0 Å². The Labute approximate surface area is 198 Å². The normalized spacial score (nSPS) is 15.7. The van der Waals surface area contributed by atoms with Crippen molar-refractivity contribution < 1.29 is 22.8 Å². The third kappa shape index (κ3) is 5.36. The van der Waals surface area contributed by atoms with Crippen LogP contribution in [0.3, 0.4) is 0 Å². The average molecular weight is 492 g/mol. The number of hydrogen-bond donors (Lipinski definition) is 1. The molecule has 1 heterocycles. The number of benzene rings is 2. The van der Waals surface area contributed by atoms with Crippen molar-refractivity contribution in [3.63, 3.8) is 0 Å². The molecule has 0 bridgehead atoms. The van der Waals surface area contributed by atoms with Gasteiger partial charge in [0, 0.05) is 17.1 Å². The second-order valence-electron chi connectivity index (χ2n) is 8.88. The van der Waals surface area contributed by atoms with E-state index in [1.165, 1.54) is 23.1 Å². The summed E-state index contributed by atoms with van der Waals surface area (Å²) < 4.78 is 26.3. The number of hydrogen-bond acceptors (Lipinski definition) is 5. The van der Waals surface area contributed by atoms with Crippen LogP contribution in [0.4, 0.5) is 0 Å². The molecule has 2 aromatic rings. The van der Waals surface area contributed by atoms with Crippen molar-refractivity contribution in [1.82, 2.24) is 14.5 Å². The van der Waals surface area contributed by atoms with Gasteiger partial charge in [0.25, 0.3) is 15.9 Å². The standard InChI is InChI=1S/C23H26ClN3O5S/c1-15(21(29)25-23(2,3)4)26(13-16-9-11-17(24)12-10-16)20(28)14-27-22(30)18-7-5-6-8-19(18)33(27,31)32/h5-12,15H,13-14H2,1-4H3,(H,25,29)/t15-/m1/s1. The lowest BCUT2D eigenvalue weighted by molar-refractivity contribution is -0.141. The Hall–Kier alpha value is -2.91. The van der Waals surface area contributed by atoms with Gasteiger partial charge in [-0.25, -0.2) is 12.7 Å². The molecule has 176 valence electrons. The molecule has 0 unspecified atom stereocenters. The molecule has 1 N–H and O–H groups in total. The molecular weight excluding hydrogens is 466 g/mol. The van der Waals surface area contributed by atoms with Gasteiger partial charge in [0.15, 0.2) is 0 Å². The van der Waals surface area contributed by atoms with Gasteiger partial charge in [0.1, 0.15) is 17.5 Å². The summed E-state index contributed by atoms with van der Waals surface area (Å²) in [6, 6.07) is 11.6. The lowest BCUT2D eigenvalue weighted by atomic mass is 10.1. The molecule has 33 heavy (non-hydrogen) atoms. The zero-order valence-corrected chi connectivity index (χ0v) is 20.4. The molecule has 3 amide bonds. The summed E-state index contributed by atoms with van der Waals surface area (Å²) in [5, 5.41) is 3.34. The molecular formula is C23H26ClN3O5S. The maximum atomic E-state index is 13.3. The monoisotopic (exact) mass is 491 g/mol. The highest BCUT2D eigenvalue weighted by Gasteiger charge is 2.43. The zero-order valence-electron chi connectivity index (χ0n) is 18.8. The van der Waals surface area contributed by atoms with Crippen molar-refractivity contribution >= 4 is 39.3 Å². The molecule has 1 atom stereocenters. The second kappa shape index (κ2) is 9.15. The molecule has 8 nitrogen and oxygen atoms in total. The van der Waals surface area contributed by atoms with Crippen molar-refractivity contribution in [3.05, 3.63) is 64.7 Å². The molecule has 0 saturated carbocycles. The van der Waals surface area contributed by atoms with Crippen LogP contribution in [-0.4, -0.2) is 53.5 Å². The number of rotatable bonds is 6. The first-order valence-electron chi connectivity index (χ1n) is 10.3. The Kier molecular flexibility index (Phi) is 6.85. The van der Waals surface area contributed by atoms with Gasteiger partial charge in [-0.15, -0.1) is 0 Å². The van der Waals surface area contributed by atoms with Crippen molar-refractivity contribution in [2.24, 2.45) is 0 Å². The summed E-state index contributed by atoms with van der Waals surface area (Å²) in [6.45, 7) is 6.32. The van der Waals surface area contributed by atoms with Gasteiger partial charge < -0.3 is 10.2 Å². The second-order valence-corrected chi connectivity index (χ2v) is 11.1. The van der Waals surface area contributed by atoms with E-state index in [1.54, 1.807) is 37.3 Å². The number of carbonyl (C=O) groups is 3. The maximum Gasteiger partial charge on any atom is 0.269 e. The minimum Gasteiger partial charge on any atom is -0.350 e. The zero-order chi connectivity index (χ0) is 24.6. The molecule has 0 aliphatic carbocycles. The summed E-state index contributed by atoms with van der Waals surface area (Å²) in [7, 11) is -4.16. The average Bonchev–Trinajstić information content (AvgIpc) is 2.92. The van der Waals surface area contributed by atoms with E-state index in [2.05, 4.69) is 5.32 Å². The fraction of sp³-hybridized carbons (Fsp3) is 0.348. The number of amides is 3. The van der Waals surface area contributed by atoms with Crippen LogP contribution >= 0.6 is 11.6 Å². The Morgan fingerprint density at radius 2 is 1.70 bits per heavy atom. The molecule has 0 spiro atoms. The van der Waals surface area contributed by atoms with E-state index in [4.69, 9.17) is 11.6 Å². The Bertz CT molecular complexity index is 1190. The topological polar surface area (TPSA) is 104 Å². The van der Waals surface area contributed by atoms with Gasteiger partial charge in [-0.3, -0.25) is 14.4 Å². The fourth-order valence-corrected chi connectivity index (χ4v) is 5.09. The van der Waals surface area contributed by atoms with Crippen LogP contribution in [0.2, 0.25) is 5.02 Å². The van der Waals surface area contributed by atoms with Crippen molar-refractivity contribution in [3.8, 4) is 0 Å². The van der Waals surface area contributed by atoms with E-state index in [0.717, 1.165) is 0 Å². The molecule has 1 aliphatic heterocycles. The first kappa shape index (κ1) is 24.7. The molecule has 0 aromatic heterocycles. The van der Waals surface area contributed by atoms with Gasteiger partial charge in [0.05, 0.1) is 5.56 Å². The summed E-state index contributed by atoms with van der Waals surface area (Å²) in [6.07, 6.45) is 0. The van der Waals surface area contributed by atoms with Crippen molar-refractivity contribution in [2.45, 2.75) is 50.7 Å². The lowest BCUT2D eigenvalue weighted by Crippen LogP contribution is -2.54. The first-order chi connectivity index (χ1) is 15.3. The quantitative estimate of drug-likeness (QED) is 0.669. The molecule has 0 fully saturated rings. The van der Waals surface area contributed by atoms with E-state index in [0.29, 0.717) is 14.9 Å². The molecule has 3 rings (SSSR count). The first-order valence-corrected chi connectivity index (χ1v) is 12.1. The van der Waals surface area contributed by atoms with Gasteiger partial charge in [-0.05, 0) is 57.5 Å². The van der Waals surface area contributed by atoms with E-state index < -0.39 is 45.9 Å². The van der Waals surface area contributed by atoms with Gasteiger partial charge in [-0.2, -0.15) is 0 Å².